The Morgan fingerprint density at radius 1 is 1.31 bits per heavy atom. The fraction of sp³-hybridized carbons (Fsp3) is 0.632. The van der Waals surface area contributed by atoms with Gasteiger partial charge in [0.2, 0.25) is 0 Å². The average molecular weight is 365 g/mol. The number of piperazine rings is 1. The molecule has 146 valence electrons. The van der Waals surface area contributed by atoms with Gasteiger partial charge in [-0.05, 0) is 44.5 Å². The Morgan fingerprint density at radius 3 is 2.58 bits per heavy atom. The Bertz CT molecular complexity index is 556. The van der Waals surface area contributed by atoms with E-state index >= 15 is 0 Å². The number of hydrogen-bond donors (Lipinski definition) is 3. The van der Waals surface area contributed by atoms with E-state index in [1.807, 2.05) is 20.8 Å². The number of benzene rings is 1. The Labute approximate surface area is 155 Å². The highest BCUT2D eigenvalue weighted by Gasteiger charge is 2.31. The molecule has 1 aliphatic rings. The predicted octanol–water partition coefficient (Wildman–Crippen LogP) is 2.07. The Morgan fingerprint density at radius 2 is 1.96 bits per heavy atom. The SMILES string of the molecule is CCCOC(=O)Nc1ccc(OC(C)(C)C(O)CN2CCNCC2)cc1. The lowest BCUT2D eigenvalue weighted by molar-refractivity contribution is -0.0455. The van der Waals surface area contributed by atoms with Gasteiger partial charge in [0.1, 0.15) is 17.5 Å². The molecule has 1 heterocycles. The van der Waals surface area contributed by atoms with Crippen molar-refractivity contribution >= 4 is 11.8 Å². The molecule has 1 aromatic rings. The minimum absolute atomic E-state index is 0.395. The standard InChI is InChI=1S/C19H31N3O4/c1-4-13-25-18(24)21-15-5-7-16(8-6-15)26-19(2,3)17(23)14-22-11-9-20-10-12-22/h5-8,17,20,23H,4,9-14H2,1-3H3,(H,21,24). The number of aliphatic hydroxyl groups is 1. The van der Waals surface area contributed by atoms with Gasteiger partial charge in [0.25, 0.3) is 0 Å². The predicted molar refractivity (Wildman–Crippen MR) is 102 cm³/mol. The molecule has 1 aromatic carbocycles. The molecule has 1 unspecified atom stereocenters. The molecule has 1 amide bonds. The van der Waals surface area contributed by atoms with Crippen molar-refractivity contribution in [3.05, 3.63) is 24.3 Å². The van der Waals surface area contributed by atoms with Crippen LogP contribution in [-0.4, -0.2) is 67.1 Å². The van der Waals surface area contributed by atoms with E-state index in [1.165, 1.54) is 0 Å². The molecule has 0 radical (unpaired) electrons. The highest BCUT2D eigenvalue weighted by Crippen LogP contribution is 2.23. The highest BCUT2D eigenvalue weighted by atomic mass is 16.5. The molecule has 1 fully saturated rings. The van der Waals surface area contributed by atoms with E-state index in [9.17, 15) is 9.90 Å². The number of nitrogens with zero attached hydrogens (tertiary/aromatic N) is 1. The number of aliphatic hydroxyl groups excluding tert-OH is 1. The summed E-state index contributed by atoms with van der Waals surface area (Å²) in [6, 6.07) is 7.05. The van der Waals surface area contributed by atoms with E-state index < -0.39 is 17.8 Å². The van der Waals surface area contributed by atoms with Crippen LogP contribution in [0.5, 0.6) is 5.75 Å². The second-order valence-corrected chi connectivity index (χ2v) is 7.06. The maximum atomic E-state index is 11.6. The van der Waals surface area contributed by atoms with Gasteiger partial charge >= 0.3 is 6.09 Å². The second-order valence-electron chi connectivity index (χ2n) is 7.06. The molecular weight excluding hydrogens is 334 g/mol. The van der Waals surface area contributed by atoms with Crippen molar-refractivity contribution in [1.29, 1.82) is 0 Å². The van der Waals surface area contributed by atoms with Gasteiger partial charge in [-0.3, -0.25) is 10.2 Å². The number of β-amino-alcohol motifs (C(OH)–C–C–N with tert-alkyl or cyclic N) is 1. The van der Waals surface area contributed by atoms with Gasteiger partial charge in [0, 0.05) is 38.4 Å². The van der Waals surface area contributed by atoms with E-state index in [1.54, 1.807) is 24.3 Å². The molecule has 1 atom stereocenters. The first-order chi connectivity index (χ1) is 12.4. The Hall–Kier alpha value is -1.83. The summed E-state index contributed by atoms with van der Waals surface area (Å²) < 4.78 is 11.0. The molecule has 7 heteroatoms. The van der Waals surface area contributed by atoms with Crippen LogP contribution < -0.4 is 15.4 Å². The molecule has 0 saturated carbocycles. The summed E-state index contributed by atoms with van der Waals surface area (Å²) in [5.74, 6) is 0.641. The van der Waals surface area contributed by atoms with Crippen LogP contribution >= 0.6 is 0 Å². The van der Waals surface area contributed by atoms with Crippen molar-refractivity contribution in [2.24, 2.45) is 0 Å². The van der Waals surface area contributed by atoms with Gasteiger partial charge in [-0.1, -0.05) is 6.92 Å². The third kappa shape index (κ3) is 6.48. The van der Waals surface area contributed by atoms with Crippen LogP contribution in [0, 0.1) is 0 Å². The van der Waals surface area contributed by atoms with Gasteiger partial charge in [-0.25, -0.2) is 4.79 Å². The lowest BCUT2D eigenvalue weighted by atomic mass is 10.0. The molecule has 1 saturated heterocycles. The minimum atomic E-state index is -0.722. The molecule has 26 heavy (non-hydrogen) atoms. The van der Waals surface area contributed by atoms with E-state index in [2.05, 4.69) is 15.5 Å². The zero-order valence-corrected chi connectivity index (χ0v) is 16.0. The summed E-state index contributed by atoms with van der Waals surface area (Å²) in [5.41, 5.74) is -0.0857. The molecule has 7 nitrogen and oxygen atoms in total. The van der Waals surface area contributed by atoms with Crippen molar-refractivity contribution in [3.8, 4) is 5.75 Å². The summed E-state index contributed by atoms with van der Waals surface area (Å²) in [4.78, 5) is 13.8. The smallest absolute Gasteiger partial charge is 0.411 e. The van der Waals surface area contributed by atoms with Gasteiger partial charge in [0.15, 0.2) is 0 Å². The van der Waals surface area contributed by atoms with Crippen molar-refractivity contribution in [3.63, 3.8) is 0 Å². The van der Waals surface area contributed by atoms with Crippen LogP contribution in [-0.2, 0) is 4.74 Å². The highest BCUT2D eigenvalue weighted by molar-refractivity contribution is 5.84. The first-order valence-electron chi connectivity index (χ1n) is 9.24. The number of anilines is 1. The average Bonchev–Trinajstić information content (AvgIpc) is 2.62. The number of rotatable bonds is 8. The summed E-state index contributed by atoms with van der Waals surface area (Å²) in [6.45, 7) is 10.4. The lowest BCUT2D eigenvalue weighted by Gasteiger charge is -2.36. The number of amides is 1. The van der Waals surface area contributed by atoms with E-state index in [0.29, 0.717) is 24.6 Å². The Kier molecular flexibility index (Phi) is 7.68. The number of hydrogen-bond acceptors (Lipinski definition) is 6. The van der Waals surface area contributed by atoms with Crippen LogP contribution in [0.2, 0.25) is 0 Å². The number of carbonyl (C=O) groups is 1. The second kappa shape index (κ2) is 9.75. The van der Waals surface area contributed by atoms with Crippen LogP contribution in [0.25, 0.3) is 0 Å². The summed E-state index contributed by atoms with van der Waals surface area (Å²) in [7, 11) is 0. The number of ether oxygens (including phenoxy) is 2. The van der Waals surface area contributed by atoms with E-state index in [4.69, 9.17) is 9.47 Å². The zero-order valence-electron chi connectivity index (χ0n) is 16.0. The topological polar surface area (TPSA) is 83.1 Å². The van der Waals surface area contributed by atoms with E-state index in [0.717, 1.165) is 32.6 Å². The minimum Gasteiger partial charge on any atom is -0.485 e. The van der Waals surface area contributed by atoms with Crippen LogP contribution in [0.3, 0.4) is 0 Å². The zero-order chi connectivity index (χ0) is 19.0. The summed E-state index contributed by atoms with van der Waals surface area (Å²) >= 11 is 0. The lowest BCUT2D eigenvalue weighted by Crippen LogP contribution is -2.52. The van der Waals surface area contributed by atoms with Gasteiger partial charge in [-0.15, -0.1) is 0 Å². The van der Waals surface area contributed by atoms with Crippen LogP contribution in [0.4, 0.5) is 10.5 Å². The van der Waals surface area contributed by atoms with Crippen molar-refractivity contribution in [1.82, 2.24) is 10.2 Å². The first-order valence-corrected chi connectivity index (χ1v) is 9.24. The third-order valence-electron chi connectivity index (χ3n) is 4.36. The van der Waals surface area contributed by atoms with Crippen molar-refractivity contribution in [2.45, 2.75) is 38.9 Å². The largest absolute Gasteiger partial charge is 0.485 e. The van der Waals surface area contributed by atoms with Crippen molar-refractivity contribution < 1.29 is 19.4 Å². The maximum Gasteiger partial charge on any atom is 0.411 e. The maximum absolute atomic E-state index is 11.6. The normalized spacial score (nSPS) is 16.8. The van der Waals surface area contributed by atoms with Crippen LogP contribution in [0.1, 0.15) is 27.2 Å². The molecule has 2 rings (SSSR count). The van der Waals surface area contributed by atoms with Gasteiger partial charge < -0.3 is 19.9 Å². The fourth-order valence-corrected chi connectivity index (χ4v) is 2.68. The quantitative estimate of drug-likeness (QED) is 0.654. The molecule has 1 aliphatic heterocycles. The van der Waals surface area contributed by atoms with Crippen molar-refractivity contribution in [2.75, 3.05) is 44.6 Å². The van der Waals surface area contributed by atoms with Gasteiger partial charge in [0.05, 0.1) is 6.61 Å². The third-order valence-corrected chi connectivity index (χ3v) is 4.36. The molecular formula is C19H31N3O4. The molecule has 0 bridgehead atoms. The fourth-order valence-electron chi connectivity index (χ4n) is 2.68. The molecule has 0 aliphatic carbocycles. The monoisotopic (exact) mass is 365 g/mol. The first kappa shape index (κ1) is 20.5. The summed E-state index contributed by atoms with van der Waals surface area (Å²) in [5, 5.41) is 16.6. The molecule has 3 N–H and O–H groups in total. The van der Waals surface area contributed by atoms with Gasteiger partial charge in [-0.2, -0.15) is 0 Å². The molecule has 0 aromatic heterocycles. The van der Waals surface area contributed by atoms with E-state index in [-0.39, 0.29) is 0 Å². The molecule has 0 spiro atoms. The summed E-state index contributed by atoms with van der Waals surface area (Å²) in [6.07, 6.45) is -0.291. The number of carbonyl (C=O) groups excluding carboxylic acids is 1. The number of nitrogens with one attached hydrogen (secondary N) is 2. The Balaban J connectivity index is 1.86. The van der Waals surface area contributed by atoms with Crippen LogP contribution in [0.15, 0.2) is 24.3 Å².